The predicted molar refractivity (Wildman–Crippen MR) is 78.4 cm³/mol. The van der Waals surface area contributed by atoms with E-state index in [1.807, 2.05) is 0 Å². The molecule has 0 aromatic heterocycles. The molecular formula is C15H25N3. The SMILES string of the molecule is CCc1ccc(N(C)CC2CN(C)CCN2)cc1. The number of nitrogens with one attached hydrogen (secondary N) is 1. The van der Waals surface area contributed by atoms with E-state index in [0.717, 1.165) is 32.6 Å². The zero-order chi connectivity index (χ0) is 13.0. The lowest BCUT2D eigenvalue weighted by atomic mass is 10.1. The summed E-state index contributed by atoms with van der Waals surface area (Å²) in [5.74, 6) is 0. The maximum absolute atomic E-state index is 3.59. The molecule has 1 unspecified atom stereocenters. The second-order valence-corrected chi connectivity index (χ2v) is 5.31. The van der Waals surface area contributed by atoms with Crippen LogP contribution in [0.25, 0.3) is 0 Å². The lowest BCUT2D eigenvalue weighted by Crippen LogP contribution is -2.53. The number of hydrogen-bond acceptors (Lipinski definition) is 3. The van der Waals surface area contributed by atoms with Gasteiger partial charge in [0.05, 0.1) is 0 Å². The molecule has 0 saturated carbocycles. The van der Waals surface area contributed by atoms with Crippen LogP contribution in [-0.4, -0.2) is 51.2 Å². The summed E-state index contributed by atoms with van der Waals surface area (Å²) >= 11 is 0. The number of likely N-dealkylation sites (N-methyl/N-ethyl adjacent to an activating group) is 2. The zero-order valence-electron chi connectivity index (χ0n) is 11.8. The standard InChI is InChI=1S/C15H25N3/c1-4-13-5-7-15(8-6-13)18(3)12-14-11-17(2)10-9-16-14/h5-8,14,16H,4,9-12H2,1-3H3. The van der Waals surface area contributed by atoms with E-state index in [1.54, 1.807) is 0 Å². The van der Waals surface area contributed by atoms with Crippen molar-refractivity contribution in [3.63, 3.8) is 0 Å². The van der Waals surface area contributed by atoms with Gasteiger partial charge in [0.2, 0.25) is 0 Å². The Labute approximate surface area is 111 Å². The highest BCUT2D eigenvalue weighted by Gasteiger charge is 2.17. The lowest BCUT2D eigenvalue weighted by Gasteiger charge is -2.34. The Hall–Kier alpha value is -1.06. The van der Waals surface area contributed by atoms with Crippen molar-refractivity contribution in [3.8, 4) is 0 Å². The van der Waals surface area contributed by atoms with Gasteiger partial charge in [-0.05, 0) is 31.2 Å². The maximum atomic E-state index is 3.59. The topological polar surface area (TPSA) is 18.5 Å². The first-order valence-corrected chi connectivity index (χ1v) is 6.91. The summed E-state index contributed by atoms with van der Waals surface area (Å²) in [6.45, 7) is 6.66. The molecule has 0 amide bonds. The summed E-state index contributed by atoms with van der Waals surface area (Å²) in [5.41, 5.74) is 2.71. The summed E-state index contributed by atoms with van der Waals surface area (Å²) in [6, 6.07) is 9.48. The Bertz CT molecular complexity index is 361. The van der Waals surface area contributed by atoms with Gasteiger partial charge in [-0.1, -0.05) is 19.1 Å². The Morgan fingerprint density at radius 1 is 1.33 bits per heavy atom. The summed E-state index contributed by atoms with van der Waals surface area (Å²) in [7, 11) is 4.38. The van der Waals surface area contributed by atoms with Gasteiger partial charge in [0, 0.05) is 45.0 Å². The Morgan fingerprint density at radius 2 is 2.06 bits per heavy atom. The van der Waals surface area contributed by atoms with Crippen LogP contribution in [0.3, 0.4) is 0 Å². The number of aryl methyl sites for hydroxylation is 1. The molecule has 18 heavy (non-hydrogen) atoms. The molecule has 3 nitrogen and oxygen atoms in total. The molecule has 1 aromatic carbocycles. The van der Waals surface area contributed by atoms with Gasteiger partial charge in [0.15, 0.2) is 0 Å². The third kappa shape index (κ3) is 3.47. The van der Waals surface area contributed by atoms with Gasteiger partial charge in [-0.15, -0.1) is 0 Å². The van der Waals surface area contributed by atoms with Crippen LogP contribution in [0.1, 0.15) is 12.5 Å². The van der Waals surface area contributed by atoms with E-state index in [4.69, 9.17) is 0 Å². The van der Waals surface area contributed by atoms with Crippen LogP contribution < -0.4 is 10.2 Å². The molecule has 1 saturated heterocycles. The molecule has 0 radical (unpaired) electrons. The first-order chi connectivity index (χ1) is 8.69. The fraction of sp³-hybridized carbons (Fsp3) is 0.600. The molecule has 0 spiro atoms. The summed E-state index contributed by atoms with van der Waals surface area (Å²) in [6.07, 6.45) is 1.11. The highest BCUT2D eigenvalue weighted by Crippen LogP contribution is 2.14. The fourth-order valence-electron chi connectivity index (χ4n) is 2.54. The van der Waals surface area contributed by atoms with Crippen molar-refractivity contribution >= 4 is 5.69 Å². The highest BCUT2D eigenvalue weighted by atomic mass is 15.2. The van der Waals surface area contributed by atoms with Crippen LogP contribution in [0.4, 0.5) is 5.69 Å². The van der Waals surface area contributed by atoms with Crippen LogP contribution in [0, 0.1) is 0 Å². The van der Waals surface area contributed by atoms with Gasteiger partial charge in [0.25, 0.3) is 0 Å². The third-order valence-electron chi connectivity index (χ3n) is 3.74. The van der Waals surface area contributed by atoms with Crippen molar-refractivity contribution < 1.29 is 0 Å². The van der Waals surface area contributed by atoms with Crippen molar-refractivity contribution in [1.82, 2.24) is 10.2 Å². The van der Waals surface area contributed by atoms with Gasteiger partial charge in [-0.3, -0.25) is 0 Å². The first-order valence-electron chi connectivity index (χ1n) is 6.91. The Kier molecular flexibility index (Phi) is 4.61. The largest absolute Gasteiger partial charge is 0.373 e. The molecule has 100 valence electrons. The van der Waals surface area contributed by atoms with Crippen LogP contribution in [0.5, 0.6) is 0 Å². The lowest BCUT2D eigenvalue weighted by molar-refractivity contribution is 0.241. The van der Waals surface area contributed by atoms with Crippen LogP contribution in [-0.2, 0) is 6.42 Å². The van der Waals surface area contributed by atoms with Crippen LogP contribution in [0.2, 0.25) is 0 Å². The van der Waals surface area contributed by atoms with Gasteiger partial charge in [0.1, 0.15) is 0 Å². The van der Waals surface area contributed by atoms with E-state index >= 15 is 0 Å². The predicted octanol–water partition coefficient (Wildman–Crippen LogP) is 1.59. The molecule has 1 aliphatic rings. The van der Waals surface area contributed by atoms with E-state index in [1.165, 1.54) is 11.3 Å². The quantitative estimate of drug-likeness (QED) is 0.871. The van der Waals surface area contributed by atoms with Crippen molar-refractivity contribution in [3.05, 3.63) is 29.8 Å². The van der Waals surface area contributed by atoms with Crippen molar-refractivity contribution in [2.24, 2.45) is 0 Å². The number of benzene rings is 1. The minimum absolute atomic E-state index is 0.569. The van der Waals surface area contributed by atoms with E-state index in [0.29, 0.717) is 6.04 Å². The Morgan fingerprint density at radius 3 is 2.67 bits per heavy atom. The van der Waals surface area contributed by atoms with Crippen LogP contribution in [0.15, 0.2) is 24.3 Å². The molecule has 1 fully saturated rings. The Balaban J connectivity index is 1.91. The average Bonchev–Trinajstić information content (AvgIpc) is 2.39. The molecule has 2 rings (SSSR count). The van der Waals surface area contributed by atoms with Crippen molar-refractivity contribution in [2.45, 2.75) is 19.4 Å². The molecule has 1 atom stereocenters. The molecule has 1 aliphatic heterocycles. The molecule has 3 heteroatoms. The molecule has 1 heterocycles. The second kappa shape index (κ2) is 6.21. The van der Waals surface area contributed by atoms with E-state index < -0.39 is 0 Å². The van der Waals surface area contributed by atoms with Gasteiger partial charge >= 0.3 is 0 Å². The highest BCUT2D eigenvalue weighted by molar-refractivity contribution is 5.47. The zero-order valence-corrected chi connectivity index (χ0v) is 11.8. The minimum atomic E-state index is 0.569. The van der Waals surface area contributed by atoms with Gasteiger partial charge < -0.3 is 15.1 Å². The van der Waals surface area contributed by atoms with Crippen LogP contribution >= 0.6 is 0 Å². The van der Waals surface area contributed by atoms with Gasteiger partial charge in [-0.2, -0.15) is 0 Å². The molecular weight excluding hydrogens is 222 g/mol. The number of rotatable bonds is 4. The van der Waals surface area contributed by atoms with Crippen molar-refractivity contribution in [2.75, 3.05) is 45.2 Å². The summed E-state index contributed by atoms with van der Waals surface area (Å²) in [5, 5.41) is 3.59. The maximum Gasteiger partial charge on any atom is 0.0371 e. The first kappa shape index (κ1) is 13.4. The summed E-state index contributed by atoms with van der Waals surface area (Å²) in [4.78, 5) is 4.74. The third-order valence-corrected chi connectivity index (χ3v) is 3.74. The number of anilines is 1. The minimum Gasteiger partial charge on any atom is -0.373 e. The van der Waals surface area contributed by atoms with Gasteiger partial charge in [-0.25, -0.2) is 0 Å². The molecule has 1 N–H and O–H groups in total. The van der Waals surface area contributed by atoms with E-state index in [2.05, 4.69) is 60.4 Å². The fourth-order valence-corrected chi connectivity index (χ4v) is 2.54. The number of piperazine rings is 1. The van der Waals surface area contributed by atoms with Crippen molar-refractivity contribution in [1.29, 1.82) is 0 Å². The number of nitrogens with zero attached hydrogens (tertiary/aromatic N) is 2. The smallest absolute Gasteiger partial charge is 0.0371 e. The second-order valence-electron chi connectivity index (χ2n) is 5.31. The van der Waals surface area contributed by atoms with E-state index in [-0.39, 0.29) is 0 Å². The molecule has 0 bridgehead atoms. The monoisotopic (exact) mass is 247 g/mol. The molecule has 0 aliphatic carbocycles. The number of hydrogen-bond donors (Lipinski definition) is 1. The molecule has 1 aromatic rings. The summed E-state index contributed by atoms with van der Waals surface area (Å²) < 4.78 is 0. The van der Waals surface area contributed by atoms with E-state index in [9.17, 15) is 0 Å². The average molecular weight is 247 g/mol. The normalized spacial score (nSPS) is 20.9.